The Labute approximate surface area is 111 Å². The molecule has 0 rings (SSSR count). The highest BCUT2D eigenvalue weighted by molar-refractivity contribution is 7.99. The smallest absolute Gasteiger partial charge is 0.326 e. The van der Waals surface area contributed by atoms with Gasteiger partial charge in [0.2, 0.25) is 11.8 Å². The lowest BCUT2D eigenvalue weighted by molar-refractivity contribution is -0.143. The molecule has 0 aromatic rings. The molecule has 0 saturated carbocycles. The van der Waals surface area contributed by atoms with Gasteiger partial charge in [0.05, 0.1) is 5.75 Å². The highest BCUT2D eigenvalue weighted by Gasteiger charge is 2.24. The van der Waals surface area contributed by atoms with Gasteiger partial charge in [-0.1, -0.05) is 20.3 Å². The van der Waals surface area contributed by atoms with Crippen LogP contribution >= 0.6 is 11.8 Å². The second-order valence-electron chi connectivity index (χ2n) is 4.04. The minimum atomic E-state index is -1.03. The second-order valence-corrected chi connectivity index (χ2v) is 5.14. The van der Waals surface area contributed by atoms with Gasteiger partial charge >= 0.3 is 5.97 Å². The monoisotopic (exact) mass is 276 g/mol. The largest absolute Gasteiger partial charge is 0.480 e. The van der Waals surface area contributed by atoms with Gasteiger partial charge in [0.1, 0.15) is 6.04 Å². The molecule has 2 amide bonds. The number of nitrogens with one attached hydrogen (secondary N) is 1. The van der Waals surface area contributed by atoms with Gasteiger partial charge in [-0.15, -0.1) is 0 Å². The molecule has 2 atom stereocenters. The van der Waals surface area contributed by atoms with Gasteiger partial charge in [0, 0.05) is 12.2 Å². The average molecular weight is 276 g/mol. The topological polar surface area (TPSA) is 109 Å². The summed E-state index contributed by atoms with van der Waals surface area (Å²) in [5, 5.41) is 11.5. The van der Waals surface area contributed by atoms with Crippen LogP contribution in [-0.4, -0.2) is 40.4 Å². The molecular formula is C11H20N2O4S. The summed E-state index contributed by atoms with van der Waals surface area (Å²) >= 11 is 1.26. The number of nitrogens with two attached hydrogens (primary N) is 1. The minimum absolute atomic E-state index is 0.121. The number of hydrogen-bond donors (Lipinski definition) is 3. The van der Waals surface area contributed by atoms with Crippen molar-refractivity contribution in [1.82, 2.24) is 5.32 Å². The van der Waals surface area contributed by atoms with Crippen molar-refractivity contribution in [2.24, 2.45) is 11.7 Å². The first-order valence-electron chi connectivity index (χ1n) is 5.76. The summed E-state index contributed by atoms with van der Waals surface area (Å²) in [6.07, 6.45) is 0.853. The van der Waals surface area contributed by atoms with Gasteiger partial charge in [0.25, 0.3) is 0 Å². The Morgan fingerprint density at radius 3 is 2.44 bits per heavy atom. The van der Waals surface area contributed by atoms with E-state index in [0.29, 0.717) is 12.2 Å². The van der Waals surface area contributed by atoms with E-state index in [2.05, 4.69) is 5.32 Å². The number of primary amides is 1. The van der Waals surface area contributed by atoms with Crippen LogP contribution in [0.3, 0.4) is 0 Å². The number of carbonyl (C=O) groups is 3. The Bertz CT molecular complexity index is 309. The van der Waals surface area contributed by atoms with Crippen LogP contribution in [0.1, 0.15) is 26.7 Å². The fraction of sp³-hybridized carbons (Fsp3) is 0.727. The summed E-state index contributed by atoms with van der Waals surface area (Å²) in [6, 6.07) is -0.858. The maximum absolute atomic E-state index is 11.5. The number of rotatable bonds is 9. The second kappa shape index (κ2) is 8.79. The van der Waals surface area contributed by atoms with E-state index in [1.54, 1.807) is 6.92 Å². The summed E-state index contributed by atoms with van der Waals surface area (Å²) in [5.41, 5.74) is 4.95. The Morgan fingerprint density at radius 2 is 2.00 bits per heavy atom. The third kappa shape index (κ3) is 7.16. The normalized spacial score (nSPS) is 13.7. The van der Waals surface area contributed by atoms with E-state index in [-0.39, 0.29) is 24.0 Å². The van der Waals surface area contributed by atoms with Gasteiger partial charge in [-0.2, -0.15) is 11.8 Å². The van der Waals surface area contributed by atoms with Crippen molar-refractivity contribution in [2.45, 2.75) is 32.7 Å². The van der Waals surface area contributed by atoms with Crippen molar-refractivity contribution in [3.8, 4) is 0 Å². The zero-order chi connectivity index (χ0) is 14.1. The summed E-state index contributed by atoms with van der Waals surface area (Å²) in [4.78, 5) is 33.0. The zero-order valence-corrected chi connectivity index (χ0v) is 11.5. The maximum Gasteiger partial charge on any atom is 0.326 e. The first-order chi connectivity index (χ1) is 8.38. The Hall–Kier alpha value is -1.24. The van der Waals surface area contributed by atoms with Crippen LogP contribution in [0.2, 0.25) is 0 Å². The molecule has 0 aliphatic carbocycles. The zero-order valence-electron chi connectivity index (χ0n) is 10.6. The highest BCUT2D eigenvalue weighted by atomic mass is 32.2. The fourth-order valence-electron chi connectivity index (χ4n) is 1.27. The van der Waals surface area contributed by atoms with Crippen molar-refractivity contribution in [1.29, 1.82) is 0 Å². The average Bonchev–Trinajstić information content (AvgIpc) is 2.30. The van der Waals surface area contributed by atoms with E-state index in [4.69, 9.17) is 10.8 Å². The van der Waals surface area contributed by atoms with Crippen LogP contribution in [-0.2, 0) is 14.4 Å². The van der Waals surface area contributed by atoms with Crippen molar-refractivity contribution in [3.63, 3.8) is 0 Å². The molecule has 0 heterocycles. The first kappa shape index (κ1) is 16.8. The molecule has 0 radical (unpaired) electrons. The lowest BCUT2D eigenvalue weighted by atomic mass is 9.99. The molecule has 104 valence electrons. The van der Waals surface area contributed by atoms with Crippen LogP contribution in [0.4, 0.5) is 0 Å². The van der Waals surface area contributed by atoms with Crippen LogP contribution in [0.25, 0.3) is 0 Å². The first-order valence-corrected chi connectivity index (χ1v) is 6.92. The van der Waals surface area contributed by atoms with Crippen LogP contribution in [0, 0.1) is 5.92 Å². The molecule has 0 saturated heterocycles. The Balaban J connectivity index is 4.03. The van der Waals surface area contributed by atoms with Gasteiger partial charge in [-0.05, 0) is 5.92 Å². The molecular weight excluding hydrogens is 256 g/mol. The van der Waals surface area contributed by atoms with E-state index in [1.807, 2.05) is 6.92 Å². The standard InChI is InChI=1S/C11H20N2O4S/c1-3-7(2)10(11(16)17)13-9(15)4-5-18-6-8(12)14/h7,10H,3-6H2,1-2H3,(H2,12,14)(H,13,15)(H,16,17)/t7?,10-/m0/s1. The van der Waals surface area contributed by atoms with Gasteiger partial charge in [0.15, 0.2) is 0 Å². The predicted octanol–water partition coefficient (Wildman–Crippen LogP) is 0.211. The van der Waals surface area contributed by atoms with Gasteiger partial charge in [-0.25, -0.2) is 4.79 Å². The minimum Gasteiger partial charge on any atom is -0.480 e. The number of aliphatic carboxylic acids is 1. The van der Waals surface area contributed by atoms with E-state index >= 15 is 0 Å². The number of thioether (sulfide) groups is 1. The molecule has 0 aromatic carbocycles. The molecule has 0 spiro atoms. The molecule has 0 aliphatic rings. The van der Waals surface area contributed by atoms with Gasteiger partial charge in [-0.3, -0.25) is 9.59 Å². The summed E-state index contributed by atoms with van der Waals surface area (Å²) in [5.74, 6) is -1.28. The molecule has 18 heavy (non-hydrogen) atoms. The molecule has 0 aliphatic heterocycles. The highest BCUT2D eigenvalue weighted by Crippen LogP contribution is 2.09. The lowest BCUT2D eigenvalue weighted by Gasteiger charge is -2.19. The quantitative estimate of drug-likeness (QED) is 0.521. The van der Waals surface area contributed by atoms with Crippen molar-refractivity contribution >= 4 is 29.5 Å². The van der Waals surface area contributed by atoms with Crippen LogP contribution < -0.4 is 11.1 Å². The number of amides is 2. The summed E-state index contributed by atoms with van der Waals surface area (Å²) in [6.45, 7) is 3.65. The van der Waals surface area contributed by atoms with Crippen LogP contribution in [0.15, 0.2) is 0 Å². The van der Waals surface area contributed by atoms with E-state index in [9.17, 15) is 14.4 Å². The van der Waals surface area contributed by atoms with Gasteiger partial charge < -0.3 is 16.2 Å². The Morgan fingerprint density at radius 1 is 1.39 bits per heavy atom. The number of hydrogen-bond acceptors (Lipinski definition) is 4. The van der Waals surface area contributed by atoms with E-state index in [1.165, 1.54) is 11.8 Å². The van der Waals surface area contributed by atoms with E-state index < -0.39 is 17.9 Å². The SMILES string of the molecule is CCC(C)[C@H](NC(=O)CCSCC(N)=O)C(=O)O. The molecule has 0 fully saturated rings. The van der Waals surface area contributed by atoms with Crippen molar-refractivity contribution in [3.05, 3.63) is 0 Å². The van der Waals surface area contributed by atoms with Crippen molar-refractivity contribution < 1.29 is 19.5 Å². The maximum atomic E-state index is 11.5. The summed E-state index contributed by atoms with van der Waals surface area (Å²) < 4.78 is 0. The number of carboxylic acids is 1. The third-order valence-corrected chi connectivity index (χ3v) is 3.49. The molecule has 0 bridgehead atoms. The molecule has 7 heteroatoms. The fourth-order valence-corrected chi connectivity index (χ4v) is 1.94. The third-order valence-electron chi connectivity index (χ3n) is 2.51. The molecule has 6 nitrogen and oxygen atoms in total. The number of carboxylic acid groups (broad SMARTS) is 1. The van der Waals surface area contributed by atoms with Crippen molar-refractivity contribution in [2.75, 3.05) is 11.5 Å². The van der Waals surface area contributed by atoms with E-state index in [0.717, 1.165) is 0 Å². The predicted molar refractivity (Wildman–Crippen MR) is 70.2 cm³/mol. The number of carbonyl (C=O) groups excluding carboxylic acids is 2. The Kier molecular flexibility index (Phi) is 8.19. The van der Waals surface area contributed by atoms with Crippen LogP contribution in [0.5, 0.6) is 0 Å². The summed E-state index contributed by atoms with van der Waals surface area (Å²) in [7, 11) is 0. The lowest BCUT2D eigenvalue weighted by Crippen LogP contribution is -2.45. The molecule has 4 N–H and O–H groups in total. The molecule has 0 aromatic heterocycles. The molecule has 1 unspecified atom stereocenters.